The van der Waals surface area contributed by atoms with Gasteiger partial charge in [0, 0.05) is 11.1 Å². The highest BCUT2D eigenvalue weighted by Gasteiger charge is 2.07. The topological polar surface area (TPSA) is 26.0 Å². The van der Waals surface area contributed by atoms with Crippen LogP contribution in [0.2, 0.25) is 5.02 Å². The molecule has 0 saturated heterocycles. The minimum Gasteiger partial charge on any atom is -0.324 e. The number of nitrogens with two attached hydrogens (primary N) is 1. The lowest BCUT2D eigenvalue weighted by atomic mass is 9.96. The van der Waals surface area contributed by atoms with Crippen LogP contribution in [-0.4, -0.2) is 0 Å². The van der Waals surface area contributed by atoms with Gasteiger partial charge in [-0.2, -0.15) is 0 Å². The van der Waals surface area contributed by atoms with Crippen molar-refractivity contribution >= 4 is 11.6 Å². The number of halogens is 1. The summed E-state index contributed by atoms with van der Waals surface area (Å²) >= 11 is 6.14. The number of benzene rings is 2. The van der Waals surface area contributed by atoms with Gasteiger partial charge in [-0.3, -0.25) is 0 Å². The van der Waals surface area contributed by atoms with Gasteiger partial charge in [-0.15, -0.1) is 0 Å². The Morgan fingerprint density at radius 3 is 2.44 bits per heavy atom. The SMILES string of the molecule is Cc1cc(-c2cccc(C(C)N)c2)c(C)cc1Cl. The van der Waals surface area contributed by atoms with Gasteiger partial charge in [-0.1, -0.05) is 29.8 Å². The Bertz CT molecular complexity index is 573. The van der Waals surface area contributed by atoms with Gasteiger partial charge in [0.15, 0.2) is 0 Å². The fourth-order valence-electron chi connectivity index (χ4n) is 2.08. The molecule has 2 aromatic carbocycles. The van der Waals surface area contributed by atoms with Gasteiger partial charge >= 0.3 is 0 Å². The highest BCUT2D eigenvalue weighted by atomic mass is 35.5. The minimum absolute atomic E-state index is 0.0543. The fourth-order valence-corrected chi connectivity index (χ4v) is 2.30. The molecule has 0 aliphatic heterocycles. The Morgan fingerprint density at radius 2 is 1.78 bits per heavy atom. The third-order valence-electron chi connectivity index (χ3n) is 3.23. The molecule has 0 amide bonds. The molecule has 2 N–H and O–H groups in total. The molecule has 0 saturated carbocycles. The second-order valence-corrected chi connectivity index (χ2v) is 5.24. The van der Waals surface area contributed by atoms with E-state index in [1.165, 1.54) is 16.7 Å². The third-order valence-corrected chi connectivity index (χ3v) is 3.64. The third kappa shape index (κ3) is 2.58. The summed E-state index contributed by atoms with van der Waals surface area (Å²) in [5, 5.41) is 0.819. The molecule has 1 nitrogen and oxygen atoms in total. The Labute approximate surface area is 114 Å². The number of hydrogen-bond acceptors (Lipinski definition) is 1. The van der Waals surface area contributed by atoms with Crippen LogP contribution in [0.25, 0.3) is 11.1 Å². The van der Waals surface area contributed by atoms with Gasteiger partial charge in [-0.05, 0) is 66.8 Å². The molecular weight excluding hydrogens is 242 g/mol. The van der Waals surface area contributed by atoms with Crippen molar-refractivity contribution in [2.75, 3.05) is 0 Å². The van der Waals surface area contributed by atoms with Crippen LogP contribution < -0.4 is 5.73 Å². The first kappa shape index (κ1) is 13.1. The maximum absolute atomic E-state index is 6.14. The van der Waals surface area contributed by atoms with Crippen LogP contribution in [0, 0.1) is 13.8 Å². The van der Waals surface area contributed by atoms with Crippen LogP contribution in [0.15, 0.2) is 36.4 Å². The van der Waals surface area contributed by atoms with Crippen molar-refractivity contribution in [3.05, 3.63) is 58.1 Å². The number of aryl methyl sites for hydroxylation is 2. The van der Waals surface area contributed by atoms with Gasteiger partial charge in [0.1, 0.15) is 0 Å². The zero-order valence-corrected chi connectivity index (χ0v) is 11.8. The Kier molecular flexibility index (Phi) is 3.74. The summed E-state index contributed by atoms with van der Waals surface area (Å²) in [7, 11) is 0. The van der Waals surface area contributed by atoms with Crippen molar-refractivity contribution in [3.8, 4) is 11.1 Å². The molecule has 2 heteroatoms. The molecule has 2 aromatic rings. The molecule has 0 fully saturated rings. The minimum atomic E-state index is 0.0543. The van der Waals surface area contributed by atoms with E-state index in [0.29, 0.717) is 0 Å². The highest BCUT2D eigenvalue weighted by molar-refractivity contribution is 6.31. The Balaban J connectivity index is 2.55. The van der Waals surface area contributed by atoms with Gasteiger partial charge in [0.05, 0.1) is 0 Å². The van der Waals surface area contributed by atoms with Crippen molar-refractivity contribution in [3.63, 3.8) is 0 Å². The summed E-state index contributed by atoms with van der Waals surface area (Å²) in [6.45, 7) is 6.11. The van der Waals surface area contributed by atoms with E-state index in [0.717, 1.165) is 16.1 Å². The van der Waals surface area contributed by atoms with E-state index in [9.17, 15) is 0 Å². The predicted molar refractivity (Wildman–Crippen MR) is 79.0 cm³/mol. The highest BCUT2D eigenvalue weighted by Crippen LogP contribution is 2.29. The largest absolute Gasteiger partial charge is 0.324 e. The van der Waals surface area contributed by atoms with Gasteiger partial charge < -0.3 is 5.73 Å². The Morgan fingerprint density at radius 1 is 1.06 bits per heavy atom. The van der Waals surface area contributed by atoms with Gasteiger partial charge in [0.25, 0.3) is 0 Å². The van der Waals surface area contributed by atoms with Crippen LogP contribution in [0.4, 0.5) is 0 Å². The summed E-state index contributed by atoms with van der Waals surface area (Å²) in [5.41, 5.74) is 11.8. The number of rotatable bonds is 2. The zero-order valence-electron chi connectivity index (χ0n) is 11.0. The molecule has 0 heterocycles. The maximum atomic E-state index is 6.14. The quantitative estimate of drug-likeness (QED) is 0.835. The second-order valence-electron chi connectivity index (χ2n) is 4.83. The van der Waals surface area contributed by atoms with E-state index in [-0.39, 0.29) is 6.04 Å². The van der Waals surface area contributed by atoms with Crippen molar-refractivity contribution in [1.29, 1.82) is 0 Å². The molecule has 1 atom stereocenters. The summed E-state index contributed by atoms with van der Waals surface area (Å²) in [6, 6.07) is 12.6. The fraction of sp³-hybridized carbons (Fsp3) is 0.250. The summed E-state index contributed by atoms with van der Waals surface area (Å²) in [4.78, 5) is 0. The maximum Gasteiger partial charge on any atom is 0.0438 e. The van der Waals surface area contributed by atoms with Gasteiger partial charge in [-0.25, -0.2) is 0 Å². The number of hydrogen-bond donors (Lipinski definition) is 1. The lowest BCUT2D eigenvalue weighted by Gasteiger charge is -2.12. The van der Waals surface area contributed by atoms with E-state index < -0.39 is 0 Å². The monoisotopic (exact) mass is 259 g/mol. The second kappa shape index (κ2) is 5.13. The molecule has 0 aromatic heterocycles. The van der Waals surface area contributed by atoms with Crippen molar-refractivity contribution < 1.29 is 0 Å². The first-order chi connectivity index (χ1) is 8.49. The molecule has 1 unspecified atom stereocenters. The Hall–Kier alpha value is -1.31. The van der Waals surface area contributed by atoms with Gasteiger partial charge in [0.2, 0.25) is 0 Å². The van der Waals surface area contributed by atoms with E-state index in [1.54, 1.807) is 0 Å². The molecule has 0 spiro atoms. The molecule has 0 aliphatic rings. The average molecular weight is 260 g/mol. The molecule has 0 radical (unpaired) electrons. The van der Waals surface area contributed by atoms with Crippen LogP contribution in [-0.2, 0) is 0 Å². The first-order valence-corrected chi connectivity index (χ1v) is 6.49. The van der Waals surface area contributed by atoms with E-state index in [4.69, 9.17) is 17.3 Å². The van der Waals surface area contributed by atoms with Crippen LogP contribution in [0.1, 0.15) is 29.7 Å². The summed E-state index contributed by atoms with van der Waals surface area (Å²) < 4.78 is 0. The molecule has 94 valence electrons. The molecular formula is C16H18ClN. The lowest BCUT2D eigenvalue weighted by Crippen LogP contribution is -2.04. The van der Waals surface area contributed by atoms with Crippen LogP contribution >= 0.6 is 11.6 Å². The van der Waals surface area contributed by atoms with E-state index in [1.807, 2.05) is 19.9 Å². The van der Waals surface area contributed by atoms with E-state index in [2.05, 4.69) is 37.3 Å². The summed E-state index contributed by atoms with van der Waals surface area (Å²) in [5.74, 6) is 0. The van der Waals surface area contributed by atoms with Crippen LogP contribution in [0.5, 0.6) is 0 Å². The molecule has 0 aliphatic carbocycles. The van der Waals surface area contributed by atoms with Crippen LogP contribution in [0.3, 0.4) is 0 Å². The normalized spacial score (nSPS) is 12.5. The summed E-state index contributed by atoms with van der Waals surface area (Å²) in [6.07, 6.45) is 0. The molecule has 18 heavy (non-hydrogen) atoms. The first-order valence-electron chi connectivity index (χ1n) is 6.11. The smallest absolute Gasteiger partial charge is 0.0438 e. The predicted octanol–water partition coefficient (Wildman–Crippen LogP) is 4.64. The van der Waals surface area contributed by atoms with Crippen molar-refractivity contribution in [2.24, 2.45) is 5.73 Å². The van der Waals surface area contributed by atoms with E-state index >= 15 is 0 Å². The lowest BCUT2D eigenvalue weighted by molar-refractivity contribution is 0.818. The standard InChI is InChI=1S/C16H18ClN/c1-10-8-16(17)11(2)7-15(10)14-6-4-5-13(9-14)12(3)18/h4-9,12H,18H2,1-3H3. The molecule has 2 rings (SSSR count). The average Bonchev–Trinajstić information content (AvgIpc) is 2.34. The van der Waals surface area contributed by atoms with Crippen molar-refractivity contribution in [2.45, 2.75) is 26.8 Å². The molecule has 0 bridgehead atoms. The van der Waals surface area contributed by atoms with Crippen molar-refractivity contribution in [1.82, 2.24) is 0 Å². The zero-order chi connectivity index (χ0) is 13.3.